The summed E-state index contributed by atoms with van der Waals surface area (Å²) in [6.07, 6.45) is 3.02. The molecule has 1 heterocycles. The van der Waals surface area contributed by atoms with Crippen molar-refractivity contribution in [2.45, 2.75) is 13.5 Å². The summed E-state index contributed by atoms with van der Waals surface area (Å²) in [5.41, 5.74) is 2.55. The second-order valence-corrected chi connectivity index (χ2v) is 4.15. The van der Waals surface area contributed by atoms with E-state index in [0.717, 1.165) is 11.1 Å². The first kappa shape index (κ1) is 13.0. The molecule has 0 saturated carbocycles. The van der Waals surface area contributed by atoms with Crippen LogP contribution in [0.5, 0.6) is 0 Å². The Labute approximate surface area is 112 Å². The first-order valence-corrected chi connectivity index (χ1v) is 6.03. The van der Waals surface area contributed by atoms with E-state index in [1.165, 1.54) is 6.20 Å². The summed E-state index contributed by atoms with van der Waals surface area (Å²) in [6, 6.07) is 7.94. The second kappa shape index (κ2) is 5.95. The van der Waals surface area contributed by atoms with Crippen LogP contribution in [0, 0.1) is 6.92 Å². The molecule has 5 nitrogen and oxygen atoms in total. The van der Waals surface area contributed by atoms with Gasteiger partial charge in [0.1, 0.15) is 11.5 Å². The number of hydrogen-bond acceptors (Lipinski definition) is 4. The van der Waals surface area contributed by atoms with Crippen molar-refractivity contribution in [1.29, 1.82) is 0 Å². The van der Waals surface area contributed by atoms with Crippen molar-refractivity contribution in [1.82, 2.24) is 15.3 Å². The van der Waals surface area contributed by atoms with Gasteiger partial charge in [-0.2, -0.15) is 0 Å². The monoisotopic (exact) mass is 256 g/mol. The summed E-state index contributed by atoms with van der Waals surface area (Å²) in [4.78, 5) is 20.1. The molecule has 1 amide bonds. The SMILES string of the molecule is CNc1cncc(C(=O)NCc2ccccc2C)n1. The van der Waals surface area contributed by atoms with E-state index in [4.69, 9.17) is 0 Å². The molecule has 2 rings (SSSR count). The lowest BCUT2D eigenvalue weighted by atomic mass is 10.1. The average molecular weight is 256 g/mol. The second-order valence-electron chi connectivity index (χ2n) is 4.15. The first-order chi connectivity index (χ1) is 9.20. The molecule has 19 heavy (non-hydrogen) atoms. The topological polar surface area (TPSA) is 66.9 Å². The lowest BCUT2D eigenvalue weighted by Gasteiger charge is -2.07. The smallest absolute Gasteiger partial charge is 0.271 e. The van der Waals surface area contributed by atoms with Crippen LogP contribution >= 0.6 is 0 Å². The van der Waals surface area contributed by atoms with E-state index in [9.17, 15) is 4.79 Å². The van der Waals surface area contributed by atoms with Crippen LogP contribution in [0.3, 0.4) is 0 Å². The highest BCUT2D eigenvalue weighted by atomic mass is 16.1. The Balaban J connectivity index is 2.03. The van der Waals surface area contributed by atoms with Crippen LogP contribution in [0.2, 0.25) is 0 Å². The fourth-order valence-corrected chi connectivity index (χ4v) is 1.67. The molecule has 0 aliphatic heterocycles. The maximum atomic E-state index is 12.0. The molecule has 0 spiro atoms. The summed E-state index contributed by atoms with van der Waals surface area (Å²) >= 11 is 0. The van der Waals surface area contributed by atoms with E-state index in [1.807, 2.05) is 31.2 Å². The summed E-state index contributed by atoms with van der Waals surface area (Å²) in [7, 11) is 1.74. The minimum absolute atomic E-state index is 0.229. The number of anilines is 1. The predicted molar refractivity (Wildman–Crippen MR) is 73.9 cm³/mol. The summed E-state index contributed by atoms with van der Waals surface area (Å²) in [6.45, 7) is 2.50. The van der Waals surface area contributed by atoms with Gasteiger partial charge in [0, 0.05) is 13.6 Å². The van der Waals surface area contributed by atoms with Crippen LogP contribution in [0.4, 0.5) is 5.82 Å². The molecule has 0 aliphatic rings. The van der Waals surface area contributed by atoms with Crippen LogP contribution in [0.1, 0.15) is 21.6 Å². The van der Waals surface area contributed by atoms with Crippen LogP contribution in [-0.4, -0.2) is 22.9 Å². The molecule has 5 heteroatoms. The number of nitrogens with zero attached hydrogens (tertiary/aromatic N) is 2. The van der Waals surface area contributed by atoms with Crippen molar-refractivity contribution in [3.63, 3.8) is 0 Å². The van der Waals surface area contributed by atoms with E-state index in [2.05, 4.69) is 20.6 Å². The molecule has 0 bridgehead atoms. The van der Waals surface area contributed by atoms with Crippen molar-refractivity contribution in [2.75, 3.05) is 12.4 Å². The van der Waals surface area contributed by atoms with Gasteiger partial charge in [0.05, 0.1) is 12.4 Å². The zero-order valence-corrected chi connectivity index (χ0v) is 11.0. The maximum Gasteiger partial charge on any atom is 0.271 e. The van der Waals surface area contributed by atoms with Gasteiger partial charge in [-0.25, -0.2) is 4.98 Å². The van der Waals surface area contributed by atoms with E-state index in [1.54, 1.807) is 13.2 Å². The third kappa shape index (κ3) is 3.28. The van der Waals surface area contributed by atoms with Gasteiger partial charge in [-0.1, -0.05) is 24.3 Å². The molecule has 0 unspecified atom stereocenters. The van der Waals surface area contributed by atoms with Gasteiger partial charge in [-0.05, 0) is 18.1 Å². The first-order valence-electron chi connectivity index (χ1n) is 6.03. The maximum absolute atomic E-state index is 12.0. The largest absolute Gasteiger partial charge is 0.372 e. The Morgan fingerprint density at radius 1 is 1.26 bits per heavy atom. The van der Waals surface area contributed by atoms with Gasteiger partial charge in [-0.3, -0.25) is 9.78 Å². The molecule has 0 aliphatic carbocycles. The molecule has 1 aromatic carbocycles. The van der Waals surface area contributed by atoms with E-state index < -0.39 is 0 Å². The van der Waals surface area contributed by atoms with E-state index in [-0.39, 0.29) is 5.91 Å². The fourth-order valence-electron chi connectivity index (χ4n) is 1.67. The fraction of sp³-hybridized carbons (Fsp3) is 0.214. The number of amides is 1. The molecular formula is C14H16N4O. The van der Waals surface area contributed by atoms with Crippen LogP contribution in [0.15, 0.2) is 36.7 Å². The highest BCUT2D eigenvalue weighted by Gasteiger charge is 2.08. The van der Waals surface area contributed by atoms with Gasteiger partial charge in [0.2, 0.25) is 0 Å². The van der Waals surface area contributed by atoms with Crippen LogP contribution in [-0.2, 0) is 6.54 Å². The average Bonchev–Trinajstić information content (AvgIpc) is 2.46. The lowest BCUT2D eigenvalue weighted by molar-refractivity contribution is 0.0945. The Bertz CT molecular complexity index is 583. The number of aromatic nitrogens is 2. The summed E-state index contributed by atoms with van der Waals surface area (Å²) in [5.74, 6) is 0.344. The zero-order chi connectivity index (χ0) is 13.7. The highest BCUT2D eigenvalue weighted by molar-refractivity contribution is 5.92. The van der Waals surface area contributed by atoms with Gasteiger partial charge in [0.15, 0.2) is 0 Å². The van der Waals surface area contributed by atoms with Crippen LogP contribution in [0.25, 0.3) is 0 Å². The molecule has 0 saturated heterocycles. The minimum Gasteiger partial charge on any atom is -0.372 e. The molecule has 2 aromatic rings. The minimum atomic E-state index is -0.229. The molecule has 1 aromatic heterocycles. The summed E-state index contributed by atoms with van der Waals surface area (Å²) in [5, 5.41) is 5.69. The number of aryl methyl sites for hydroxylation is 1. The Hall–Kier alpha value is -2.43. The molecule has 0 radical (unpaired) electrons. The van der Waals surface area contributed by atoms with Gasteiger partial charge < -0.3 is 10.6 Å². The number of hydrogen-bond donors (Lipinski definition) is 2. The van der Waals surface area contributed by atoms with Crippen molar-refractivity contribution in [3.8, 4) is 0 Å². The Morgan fingerprint density at radius 2 is 2.05 bits per heavy atom. The van der Waals surface area contributed by atoms with Crippen molar-refractivity contribution >= 4 is 11.7 Å². The predicted octanol–water partition coefficient (Wildman–Crippen LogP) is 1.76. The van der Waals surface area contributed by atoms with Crippen molar-refractivity contribution in [2.24, 2.45) is 0 Å². The Kier molecular flexibility index (Phi) is 4.07. The normalized spacial score (nSPS) is 10.0. The van der Waals surface area contributed by atoms with Crippen molar-refractivity contribution in [3.05, 3.63) is 53.5 Å². The van der Waals surface area contributed by atoms with Crippen LogP contribution < -0.4 is 10.6 Å². The van der Waals surface area contributed by atoms with Gasteiger partial charge >= 0.3 is 0 Å². The molecule has 2 N–H and O–H groups in total. The summed E-state index contributed by atoms with van der Waals surface area (Å²) < 4.78 is 0. The number of benzene rings is 1. The third-order valence-electron chi connectivity index (χ3n) is 2.82. The molecule has 0 fully saturated rings. The molecule has 0 atom stereocenters. The van der Waals surface area contributed by atoms with Crippen molar-refractivity contribution < 1.29 is 4.79 Å². The zero-order valence-electron chi connectivity index (χ0n) is 11.0. The quantitative estimate of drug-likeness (QED) is 0.874. The van der Waals surface area contributed by atoms with E-state index in [0.29, 0.717) is 18.1 Å². The molecule has 98 valence electrons. The third-order valence-corrected chi connectivity index (χ3v) is 2.82. The molecular weight excluding hydrogens is 240 g/mol. The van der Waals surface area contributed by atoms with E-state index >= 15 is 0 Å². The van der Waals surface area contributed by atoms with Gasteiger partial charge in [0.25, 0.3) is 5.91 Å². The number of carbonyl (C=O) groups is 1. The number of rotatable bonds is 4. The van der Waals surface area contributed by atoms with Gasteiger partial charge in [-0.15, -0.1) is 0 Å². The highest BCUT2D eigenvalue weighted by Crippen LogP contribution is 2.07. The lowest BCUT2D eigenvalue weighted by Crippen LogP contribution is -2.24. The number of carbonyl (C=O) groups excluding carboxylic acids is 1. The Morgan fingerprint density at radius 3 is 2.79 bits per heavy atom. The number of nitrogens with one attached hydrogen (secondary N) is 2. The standard InChI is InChI=1S/C14H16N4O/c1-10-5-3-4-6-11(10)7-17-14(19)12-8-16-9-13(15-2)18-12/h3-6,8-9H,7H2,1-2H3,(H,15,18)(H,17,19).